The first-order valence-electron chi connectivity index (χ1n) is 20.9. The van der Waals surface area contributed by atoms with Gasteiger partial charge in [0.25, 0.3) is 5.91 Å². The smallest absolute Gasteiger partial charge is 0.254 e. The Labute approximate surface area is 345 Å². The van der Waals surface area contributed by atoms with Crippen LogP contribution in [0.3, 0.4) is 0 Å². The van der Waals surface area contributed by atoms with Crippen LogP contribution in [0.15, 0.2) is 108 Å². The van der Waals surface area contributed by atoms with Crippen molar-refractivity contribution in [1.82, 2.24) is 4.90 Å². The van der Waals surface area contributed by atoms with Gasteiger partial charge in [0.2, 0.25) is 12.6 Å². The normalized spacial score (nSPS) is 24.4. The number of rotatable bonds is 17. The number of aliphatic hydroxyl groups is 2. The van der Waals surface area contributed by atoms with Gasteiger partial charge in [-0.3, -0.25) is 4.79 Å². The third kappa shape index (κ3) is 7.91. The molecule has 1 fully saturated rings. The standard InChI is InChI=1S/C48H54N2O9/c1-4-24-56-48-44(50(3)47(53)34-17-20-42-43(27-34)55-30-54-42)29-40(49-57-5-2)38-26-33(14-8-10-22-51)37(15-9-11-23-52)45(46(38)48)39-28-36(19-21-41(39)59-48)58-35-18-16-31-12-6-7-13-32(31)25-35/h4,6-7,12-13,16-21,25-28,33,37,44-46,51-52H,1,5,8-11,14-15,22-24,29-30H2,2-3H3. The molecule has 2 aliphatic heterocycles. The number of oxime groups is 1. The number of amides is 1. The second-order valence-corrected chi connectivity index (χ2v) is 15.8. The van der Waals surface area contributed by atoms with Crippen LogP contribution in [0.1, 0.15) is 73.7 Å². The Morgan fingerprint density at radius 1 is 0.915 bits per heavy atom. The zero-order chi connectivity index (χ0) is 40.9. The van der Waals surface area contributed by atoms with Gasteiger partial charge >= 0.3 is 0 Å². The number of unbranched alkanes of at least 4 members (excludes halogenated alkanes) is 2. The fourth-order valence-corrected chi connectivity index (χ4v) is 9.68. The summed E-state index contributed by atoms with van der Waals surface area (Å²) in [5, 5.41) is 26.8. The number of carbonyl (C=O) groups excluding carboxylic acids is 1. The average molecular weight is 803 g/mol. The van der Waals surface area contributed by atoms with Crippen molar-refractivity contribution < 1.29 is 43.5 Å². The topological polar surface area (TPSA) is 129 Å². The molecule has 1 amide bonds. The average Bonchev–Trinajstić information content (AvgIpc) is 3.74. The highest BCUT2D eigenvalue weighted by Crippen LogP contribution is 2.62. The van der Waals surface area contributed by atoms with Crippen molar-refractivity contribution >= 4 is 22.4 Å². The van der Waals surface area contributed by atoms with E-state index >= 15 is 0 Å². The molecule has 11 nitrogen and oxygen atoms in total. The maximum Gasteiger partial charge on any atom is 0.254 e. The molecule has 6 atom stereocenters. The largest absolute Gasteiger partial charge is 0.459 e. The van der Waals surface area contributed by atoms with Crippen LogP contribution in [0.4, 0.5) is 0 Å². The number of likely N-dealkylation sites (N-methyl/N-ethyl adjacent to an activating group) is 1. The summed E-state index contributed by atoms with van der Waals surface area (Å²) in [6.07, 6.45) is 9.08. The number of fused-ring (bicyclic) bond motifs is 4. The van der Waals surface area contributed by atoms with E-state index < -0.39 is 17.7 Å². The molecule has 59 heavy (non-hydrogen) atoms. The molecular formula is C48H54N2O9. The molecule has 1 saturated carbocycles. The van der Waals surface area contributed by atoms with Crippen molar-refractivity contribution in [2.24, 2.45) is 22.9 Å². The molecule has 0 saturated heterocycles. The SMILES string of the molecule is C=CCOC12Oc3ccc(Oc4ccc5ccccc5c4)cc3C3C(CCCCO)C(CCCCO)C=C(C(=NOCC)CC1N(C)C(=O)c1ccc4c(c1)OCO4)C32. The van der Waals surface area contributed by atoms with Gasteiger partial charge in [0.1, 0.15) is 29.9 Å². The van der Waals surface area contributed by atoms with Crippen molar-refractivity contribution in [2.75, 3.05) is 40.3 Å². The number of aliphatic hydroxyl groups excluding tert-OH is 2. The summed E-state index contributed by atoms with van der Waals surface area (Å²) in [4.78, 5) is 22.2. The molecule has 0 spiro atoms. The molecule has 11 heteroatoms. The third-order valence-corrected chi connectivity index (χ3v) is 12.3. The lowest BCUT2D eigenvalue weighted by Gasteiger charge is -2.59. The molecule has 0 radical (unpaired) electrons. The zero-order valence-electron chi connectivity index (χ0n) is 33.9. The number of benzene rings is 4. The third-order valence-electron chi connectivity index (χ3n) is 12.3. The van der Waals surface area contributed by atoms with Gasteiger partial charge in [-0.05, 0) is 109 Å². The van der Waals surface area contributed by atoms with Crippen molar-refractivity contribution in [1.29, 1.82) is 0 Å². The Bertz CT molecular complexity index is 2220. The molecule has 8 rings (SSSR count). The number of hydrogen-bond acceptors (Lipinski definition) is 10. The summed E-state index contributed by atoms with van der Waals surface area (Å²) in [6.45, 7) is 6.79. The lowest BCUT2D eigenvalue weighted by Crippen LogP contribution is -2.69. The summed E-state index contributed by atoms with van der Waals surface area (Å²) in [6, 6.07) is 24.8. The molecule has 2 aliphatic carbocycles. The molecule has 2 heterocycles. The van der Waals surface area contributed by atoms with E-state index in [-0.39, 0.29) is 50.3 Å². The molecule has 2 N–H and O–H groups in total. The molecule has 4 aliphatic rings. The molecule has 6 unspecified atom stereocenters. The highest BCUT2D eigenvalue weighted by molar-refractivity contribution is 6.03. The van der Waals surface area contributed by atoms with E-state index in [0.717, 1.165) is 59.1 Å². The summed E-state index contributed by atoms with van der Waals surface area (Å²) in [7, 11) is 1.79. The van der Waals surface area contributed by atoms with Crippen LogP contribution in [0.25, 0.3) is 10.8 Å². The van der Waals surface area contributed by atoms with Gasteiger partial charge in [-0.1, -0.05) is 60.5 Å². The zero-order valence-corrected chi connectivity index (χ0v) is 33.9. The van der Waals surface area contributed by atoms with Crippen LogP contribution in [0.5, 0.6) is 28.7 Å². The van der Waals surface area contributed by atoms with E-state index in [1.165, 1.54) is 0 Å². The molecule has 4 aromatic carbocycles. The van der Waals surface area contributed by atoms with Gasteiger partial charge in [-0.15, -0.1) is 6.58 Å². The van der Waals surface area contributed by atoms with Crippen LogP contribution >= 0.6 is 0 Å². The highest BCUT2D eigenvalue weighted by atomic mass is 16.7. The Morgan fingerprint density at radius 3 is 2.46 bits per heavy atom. The van der Waals surface area contributed by atoms with E-state index in [0.29, 0.717) is 54.4 Å². The van der Waals surface area contributed by atoms with Crippen molar-refractivity contribution in [2.45, 2.75) is 69.6 Å². The van der Waals surface area contributed by atoms with Crippen LogP contribution in [-0.2, 0) is 9.57 Å². The fraction of sp³-hybridized carbons (Fsp3) is 0.417. The lowest BCUT2D eigenvalue weighted by atomic mass is 9.55. The second kappa shape index (κ2) is 17.9. The second-order valence-electron chi connectivity index (χ2n) is 15.8. The molecular weight excluding hydrogens is 749 g/mol. The predicted octanol–water partition coefficient (Wildman–Crippen LogP) is 8.79. The Morgan fingerprint density at radius 2 is 1.66 bits per heavy atom. The van der Waals surface area contributed by atoms with E-state index in [9.17, 15) is 15.0 Å². The maximum atomic E-state index is 14.6. The number of ether oxygens (including phenoxy) is 5. The minimum Gasteiger partial charge on any atom is -0.459 e. The molecule has 4 aromatic rings. The van der Waals surface area contributed by atoms with Crippen molar-refractivity contribution in [3.05, 3.63) is 114 Å². The molecule has 310 valence electrons. The molecule has 0 bridgehead atoms. The van der Waals surface area contributed by atoms with E-state index in [1.807, 2.05) is 43.3 Å². The summed E-state index contributed by atoms with van der Waals surface area (Å²) in [5.41, 5.74) is 3.15. The maximum absolute atomic E-state index is 14.6. The van der Waals surface area contributed by atoms with E-state index in [2.05, 4.69) is 36.9 Å². The Balaban J connectivity index is 1.29. The van der Waals surface area contributed by atoms with Crippen molar-refractivity contribution in [3.63, 3.8) is 0 Å². The molecule has 0 aromatic heterocycles. The predicted molar refractivity (Wildman–Crippen MR) is 225 cm³/mol. The van der Waals surface area contributed by atoms with Gasteiger partial charge in [0, 0.05) is 43.7 Å². The van der Waals surface area contributed by atoms with Crippen LogP contribution in [-0.4, -0.2) is 78.8 Å². The number of carbonyl (C=O) groups is 1. The Kier molecular flexibility index (Phi) is 12.2. The van der Waals surface area contributed by atoms with Gasteiger partial charge < -0.3 is 43.6 Å². The first kappa shape index (κ1) is 40.4. The van der Waals surface area contributed by atoms with Gasteiger partial charge in [0.15, 0.2) is 11.5 Å². The quantitative estimate of drug-likeness (QED) is 0.0612. The minimum absolute atomic E-state index is 0.0845. The van der Waals surface area contributed by atoms with E-state index in [4.69, 9.17) is 33.7 Å². The monoisotopic (exact) mass is 802 g/mol. The first-order valence-corrected chi connectivity index (χ1v) is 20.9. The summed E-state index contributed by atoms with van der Waals surface area (Å²) < 4.78 is 32.1. The van der Waals surface area contributed by atoms with E-state index in [1.54, 1.807) is 36.2 Å². The number of allylic oxidation sites excluding steroid dienone is 1. The summed E-state index contributed by atoms with van der Waals surface area (Å²) >= 11 is 0. The van der Waals surface area contributed by atoms with Crippen LogP contribution in [0, 0.1) is 17.8 Å². The van der Waals surface area contributed by atoms with Gasteiger partial charge in [-0.2, -0.15) is 0 Å². The minimum atomic E-state index is -1.37. The van der Waals surface area contributed by atoms with Crippen LogP contribution in [0.2, 0.25) is 0 Å². The van der Waals surface area contributed by atoms with Gasteiger partial charge in [0.05, 0.1) is 18.2 Å². The first-order chi connectivity index (χ1) is 28.9. The van der Waals surface area contributed by atoms with Crippen molar-refractivity contribution in [3.8, 4) is 28.7 Å². The Hall–Kier alpha value is -5.36. The number of nitrogens with zero attached hydrogens (tertiary/aromatic N) is 2. The van der Waals surface area contributed by atoms with Gasteiger partial charge in [-0.25, -0.2) is 0 Å². The lowest BCUT2D eigenvalue weighted by molar-refractivity contribution is -0.252. The highest BCUT2D eigenvalue weighted by Gasteiger charge is 2.65. The van der Waals surface area contributed by atoms with Crippen LogP contribution < -0.4 is 18.9 Å². The summed E-state index contributed by atoms with van der Waals surface area (Å²) in [5.74, 6) is 1.16. The fourth-order valence-electron chi connectivity index (χ4n) is 9.68. The number of hydrogen-bond donors (Lipinski definition) is 2.